The summed E-state index contributed by atoms with van der Waals surface area (Å²) >= 11 is 0. The lowest BCUT2D eigenvalue weighted by atomic mass is 10.0. The molecule has 0 saturated heterocycles. The summed E-state index contributed by atoms with van der Waals surface area (Å²) in [5.41, 5.74) is 0.264. The maximum Gasteiger partial charge on any atom is 0.420 e. The second-order valence-corrected chi connectivity index (χ2v) is 4.14. The zero-order valence-electron chi connectivity index (χ0n) is 10.8. The van der Waals surface area contributed by atoms with Crippen LogP contribution in [0.25, 0.3) is 0 Å². The molecule has 1 heterocycles. The van der Waals surface area contributed by atoms with Gasteiger partial charge in [0, 0.05) is 11.8 Å². The molecule has 5 heteroatoms. The van der Waals surface area contributed by atoms with Gasteiger partial charge in [0.15, 0.2) is 11.8 Å². The van der Waals surface area contributed by atoms with Crippen LogP contribution in [0.15, 0.2) is 54.3 Å². The monoisotopic (exact) mass is 268 g/mol. The SMILES string of the molecule is CC(=O)C1=CC=CN(C(=O)Oc2ccccc2)C1C#N. The van der Waals surface area contributed by atoms with E-state index < -0.39 is 12.1 Å². The third-order valence-corrected chi connectivity index (χ3v) is 2.78. The van der Waals surface area contributed by atoms with Gasteiger partial charge in [0.1, 0.15) is 5.75 Å². The van der Waals surface area contributed by atoms with Crippen molar-refractivity contribution in [3.05, 3.63) is 54.3 Å². The number of nitriles is 1. The molecule has 1 aromatic carbocycles. The molecule has 20 heavy (non-hydrogen) atoms. The van der Waals surface area contributed by atoms with Gasteiger partial charge in [-0.2, -0.15) is 5.26 Å². The number of carbonyl (C=O) groups is 2. The number of rotatable bonds is 2. The van der Waals surface area contributed by atoms with Gasteiger partial charge in [0.05, 0.1) is 6.07 Å². The van der Waals surface area contributed by atoms with Crippen LogP contribution < -0.4 is 4.74 Å². The van der Waals surface area contributed by atoms with Crippen molar-refractivity contribution in [3.63, 3.8) is 0 Å². The Hall–Kier alpha value is -2.87. The first-order valence-corrected chi connectivity index (χ1v) is 5.97. The maximum absolute atomic E-state index is 12.1. The smallest absolute Gasteiger partial charge is 0.410 e. The fourth-order valence-electron chi connectivity index (χ4n) is 1.82. The number of nitrogens with zero attached hydrogens (tertiary/aromatic N) is 2. The predicted molar refractivity (Wildman–Crippen MR) is 71.6 cm³/mol. The van der Waals surface area contributed by atoms with Crippen LogP contribution in [0.2, 0.25) is 0 Å². The van der Waals surface area contributed by atoms with Crippen LogP contribution in [-0.2, 0) is 4.79 Å². The van der Waals surface area contributed by atoms with Gasteiger partial charge in [0.2, 0.25) is 0 Å². The molecule has 0 radical (unpaired) electrons. The third-order valence-electron chi connectivity index (χ3n) is 2.78. The quantitative estimate of drug-likeness (QED) is 0.825. The summed E-state index contributed by atoms with van der Waals surface area (Å²) < 4.78 is 5.16. The van der Waals surface area contributed by atoms with Crippen LogP contribution in [0.4, 0.5) is 4.79 Å². The van der Waals surface area contributed by atoms with Crippen molar-refractivity contribution in [1.29, 1.82) is 5.26 Å². The molecule has 1 aliphatic rings. The lowest BCUT2D eigenvalue weighted by Crippen LogP contribution is -2.41. The van der Waals surface area contributed by atoms with Crippen molar-refractivity contribution in [1.82, 2.24) is 4.90 Å². The Morgan fingerprint density at radius 2 is 2.00 bits per heavy atom. The van der Waals surface area contributed by atoms with E-state index in [0.29, 0.717) is 5.75 Å². The van der Waals surface area contributed by atoms with E-state index in [1.165, 1.54) is 25.3 Å². The van der Waals surface area contributed by atoms with E-state index in [-0.39, 0.29) is 11.4 Å². The first-order chi connectivity index (χ1) is 9.63. The molecule has 1 amide bonds. The molecule has 0 aliphatic carbocycles. The first kappa shape index (κ1) is 13.6. The Bertz CT molecular complexity index is 626. The summed E-state index contributed by atoms with van der Waals surface area (Å²) in [5.74, 6) is 0.125. The topological polar surface area (TPSA) is 70.4 Å². The molecule has 1 atom stereocenters. The molecule has 0 aromatic heterocycles. The van der Waals surface area contributed by atoms with Crippen molar-refractivity contribution in [2.75, 3.05) is 0 Å². The van der Waals surface area contributed by atoms with Gasteiger partial charge in [0.25, 0.3) is 0 Å². The highest BCUT2D eigenvalue weighted by atomic mass is 16.6. The number of hydrogen-bond donors (Lipinski definition) is 0. The lowest BCUT2D eigenvalue weighted by Gasteiger charge is -2.26. The predicted octanol–water partition coefficient (Wildman–Crippen LogP) is 2.42. The van der Waals surface area contributed by atoms with Crippen molar-refractivity contribution in [2.24, 2.45) is 0 Å². The van der Waals surface area contributed by atoms with Gasteiger partial charge in [-0.15, -0.1) is 0 Å². The van der Waals surface area contributed by atoms with Gasteiger partial charge >= 0.3 is 6.09 Å². The highest BCUT2D eigenvalue weighted by Crippen LogP contribution is 2.19. The highest BCUT2D eigenvalue weighted by Gasteiger charge is 2.30. The first-order valence-electron chi connectivity index (χ1n) is 5.97. The summed E-state index contributed by atoms with van der Waals surface area (Å²) in [5, 5.41) is 9.17. The molecular weight excluding hydrogens is 256 g/mol. The Morgan fingerprint density at radius 1 is 1.30 bits per heavy atom. The Kier molecular flexibility index (Phi) is 3.96. The standard InChI is InChI=1S/C15H12N2O3/c1-11(18)13-8-5-9-17(14(13)10-16)15(19)20-12-6-3-2-4-7-12/h2-9,14H,1H3. The van der Waals surface area contributed by atoms with Crippen LogP contribution in [0.5, 0.6) is 5.75 Å². The van der Waals surface area contributed by atoms with Crippen LogP contribution >= 0.6 is 0 Å². The number of benzene rings is 1. The van der Waals surface area contributed by atoms with Crippen molar-refractivity contribution in [2.45, 2.75) is 13.0 Å². The fourth-order valence-corrected chi connectivity index (χ4v) is 1.82. The van der Waals surface area contributed by atoms with Crippen molar-refractivity contribution in [3.8, 4) is 11.8 Å². The van der Waals surface area contributed by atoms with E-state index in [0.717, 1.165) is 4.90 Å². The average Bonchev–Trinajstić information content (AvgIpc) is 2.47. The number of ether oxygens (including phenoxy) is 1. The molecule has 2 rings (SSSR count). The zero-order chi connectivity index (χ0) is 14.5. The summed E-state index contributed by atoms with van der Waals surface area (Å²) in [4.78, 5) is 24.6. The summed E-state index contributed by atoms with van der Waals surface area (Å²) in [6.45, 7) is 1.36. The molecule has 0 bridgehead atoms. The third kappa shape index (κ3) is 2.75. The van der Waals surface area contributed by atoms with Crippen molar-refractivity contribution < 1.29 is 14.3 Å². The van der Waals surface area contributed by atoms with Gasteiger partial charge < -0.3 is 4.74 Å². The second kappa shape index (κ2) is 5.85. The molecule has 0 fully saturated rings. The maximum atomic E-state index is 12.1. The van der Waals surface area contributed by atoms with Crippen molar-refractivity contribution >= 4 is 11.9 Å². The van der Waals surface area contributed by atoms with Crippen LogP contribution in [0, 0.1) is 11.3 Å². The van der Waals surface area contributed by atoms with Crippen LogP contribution in [0.3, 0.4) is 0 Å². The molecule has 1 aromatic rings. The minimum absolute atomic E-state index is 0.251. The molecule has 100 valence electrons. The molecule has 0 saturated carbocycles. The minimum atomic E-state index is -0.964. The van der Waals surface area contributed by atoms with E-state index in [4.69, 9.17) is 10.00 Å². The lowest BCUT2D eigenvalue weighted by molar-refractivity contribution is -0.114. The highest BCUT2D eigenvalue weighted by molar-refractivity contribution is 5.96. The molecule has 0 spiro atoms. The van der Waals surface area contributed by atoms with Gasteiger partial charge in [-0.05, 0) is 25.1 Å². The Balaban J connectivity index is 2.18. The summed E-state index contributed by atoms with van der Waals surface area (Å²) in [7, 11) is 0. The molecule has 1 aliphatic heterocycles. The number of para-hydroxylation sites is 1. The van der Waals surface area contributed by atoms with E-state index in [1.54, 1.807) is 30.3 Å². The Morgan fingerprint density at radius 3 is 2.60 bits per heavy atom. The molecule has 5 nitrogen and oxygen atoms in total. The van der Waals surface area contributed by atoms with Crippen LogP contribution in [0.1, 0.15) is 6.92 Å². The normalized spacial score (nSPS) is 17.1. The van der Waals surface area contributed by atoms with E-state index in [2.05, 4.69) is 0 Å². The molecule has 0 N–H and O–H groups in total. The summed E-state index contributed by atoms with van der Waals surface area (Å²) in [6.07, 6.45) is 3.79. The largest absolute Gasteiger partial charge is 0.420 e. The van der Waals surface area contributed by atoms with Crippen LogP contribution in [-0.4, -0.2) is 22.8 Å². The second-order valence-electron chi connectivity index (χ2n) is 4.14. The number of Topliss-reactive ketones (excluding diaryl/α,β-unsaturated/α-hetero) is 1. The number of amides is 1. The van der Waals surface area contributed by atoms with E-state index in [1.807, 2.05) is 6.07 Å². The number of hydrogen-bond acceptors (Lipinski definition) is 4. The average molecular weight is 268 g/mol. The van der Waals surface area contributed by atoms with Gasteiger partial charge in [-0.25, -0.2) is 4.79 Å². The number of carbonyl (C=O) groups excluding carboxylic acids is 2. The minimum Gasteiger partial charge on any atom is -0.410 e. The van der Waals surface area contributed by atoms with E-state index >= 15 is 0 Å². The summed E-state index contributed by atoms with van der Waals surface area (Å²) in [6, 6.07) is 9.51. The molecular formula is C15H12N2O3. The van der Waals surface area contributed by atoms with Gasteiger partial charge in [-0.1, -0.05) is 24.3 Å². The Labute approximate surface area is 116 Å². The number of allylic oxidation sites excluding steroid dienone is 2. The fraction of sp³-hybridized carbons (Fsp3) is 0.133. The number of ketones is 1. The van der Waals surface area contributed by atoms with E-state index in [9.17, 15) is 9.59 Å². The molecule has 1 unspecified atom stereocenters. The van der Waals surface area contributed by atoms with Gasteiger partial charge in [-0.3, -0.25) is 9.69 Å². The zero-order valence-corrected chi connectivity index (χ0v) is 10.8.